The first-order valence-electron chi connectivity index (χ1n) is 24.4. The lowest BCUT2D eigenvalue weighted by atomic mass is 9.85. The number of rotatable bonds is 4. The normalized spacial score (nSPS) is 12.0. The lowest BCUT2D eigenvalue weighted by Crippen LogP contribution is -1.90. The molecule has 0 aromatic heterocycles. The van der Waals surface area contributed by atoms with Gasteiger partial charge in [-0.1, -0.05) is 218 Å². The highest BCUT2D eigenvalue weighted by molar-refractivity contribution is 6.35. The van der Waals surface area contributed by atoms with Gasteiger partial charge in [0.05, 0.1) is 0 Å². The fraction of sp³-hybridized carbons (Fsp3) is 0. The maximum atomic E-state index is 2.46. The molecule has 0 aliphatic carbocycles. The molecule has 0 fully saturated rings. The van der Waals surface area contributed by atoms with Gasteiger partial charge in [0.15, 0.2) is 0 Å². The summed E-state index contributed by atoms with van der Waals surface area (Å²) in [5.41, 5.74) is 9.85. The Morgan fingerprint density at radius 2 is 0.429 bits per heavy atom. The predicted molar refractivity (Wildman–Crippen MR) is 303 cm³/mol. The summed E-state index contributed by atoms with van der Waals surface area (Å²) in [5, 5.41) is 25.5. The van der Waals surface area contributed by atoms with Crippen LogP contribution in [0.2, 0.25) is 0 Å². The van der Waals surface area contributed by atoms with Gasteiger partial charge in [-0.2, -0.15) is 0 Å². The molecule has 15 rings (SSSR count). The van der Waals surface area contributed by atoms with E-state index in [-0.39, 0.29) is 0 Å². The van der Waals surface area contributed by atoms with Crippen molar-refractivity contribution < 1.29 is 0 Å². The molecule has 0 unspecified atom stereocenters. The first kappa shape index (κ1) is 38.9. The Bertz CT molecular complexity index is 4390. The zero-order chi connectivity index (χ0) is 45.9. The Kier molecular flexibility index (Phi) is 8.46. The smallest absolute Gasteiger partial charge is 0.00199 e. The number of hydrogen-bond donors (Lipinski definition) is 0. The minimum atomic E-state index is 1.21. The molecule has 0 bridgehead atoms. The molecule has 0 heteroatoms. The zero-order valence-corrected chi connectivity index (χ0v) is 38.2. The molecule has 0 atom stereocenters. The summed E-state index contributed by atoms with van der Waals surface area (Å²) in [6, 6.07) is 95.3. The van der Waals surface area contributed by atoms with Gasteiger partial charge in [0.25, 0.3) is 0 Å². The molecule has 0 amide bonds. The van der Waals surface area contributed by atoms with E-state index in [0.717, 1.165) is 0 Å². The van der Waals surface area contributed by atoms with Gasteiger partial charge in [-0.05, 0) is 189 Å². The van der Waals surface area contributed by atoms with Crippen LogP contribution < -0.4 is 0 Å². The lowest BCUT2D eigenvalue weighted by molar-refractivity contribution is 1.65. The van der Waals surface area contributed by atoms with E-state index >= 15 is 0 Å². The highest BCUT2D eigenvalue weighted by atomic mass is 14.2. The van der Waals surface area contributed by atoms with Crippen molar-refractivity contribution in [3.63, 3.8) is 0 Å². The topological polar surface area (TPSA) is 0 Å². The Hall–Kier alpha value is -9.10. The zero-order valence-electron chi connectivity index (χ0n) is 38.2. The third-order valence-electron chi connectivity index (χ3n) is 15.4. The van der Waals surface area contributed by atoms with E-state index in [1.165, 1.54) is 152 Å². The van der Waals surface area contributed by atoms with Gasteiger partial charge < -0.3 is 0 Å². The first-order chi connectivity index (χ1) is 34.7. The fourth-order valence-corrected chi connectivity index (χ4v) is 12.0. The van der Waals surface area contributed by atoms with Crippen LogP contribution in [-0.4, -0.2) is 0 Å². The molecule has 0 aliphatic rings. The number of fused-ring (bicyclic) bond motifs is 18. The Labute approximate surface area is 404 Å². The SMILES string of the molecule is c1ccc2cc(-c3ccc4c(c3)c3ccccc3c3cc(-c5ccc(-c6cc7c8ccccc8c8cc(-c9ccc%10ccccc%10c9)ccc8c7c7ccccc67)cc5)c5ccccc5c43)ccc2c1. The molecule has 0 saturated heterocycles. The number of benzene rings is 15. The second kappa shape index (κ2) is 15.2. The molecular formula is C70H42. The highest BCUT2D eigenvalue weighted by Gasteiger charge is 2.19. The van der Waals surface area contributed by atoms with Gasteiger partial charge in [-0.25, -0.2) is 0 Å². The van der Waals surface area contributed by atoms with E-state index in [0.29, 0.717) is 0 Å². The van der Waals surface area contributed by atoms with Gasteiger partial charge in [0.1, 0.15) is 0 Å². The Morgan fingerprint density at radius 3 is 0.843 bits per heavy atom. The molecule has 0 heterocycles. The maximum Gasteiger partial charge on any atom is -0.00199 e. The van der Waals surface area contributed by atoms with Gasteiger partial charge in [0.2, 0.25) is 0 Å². The molecule has 0 aliphatic heterocycles. The standard InChI is InChI=1S/C70H42/c1-3-15-47-37-49(31-25-43(47)13-1)51-33-35-61-65(39-51)53-17-5-7-19-55(53)67-41-63(57-21-9-11-23-59(57)69(61)67)45-27-29-46(30-28-45)64-42-68-56-20-8-6-18-54(56)66-40-52(50-32-26-44-14-2-4-16-48(44)38-50)34-36-62(66)70(68)60-24-12-10-22-58(60)64/h1-42H. The van der Waals surface area contributed by atoms with Gasteiger partial charge in [0, 0.05) is 0 Å². The molecule has 0 saturated carbocycles. The second-order valence-corrected chi connectivity index (χ2v) is 19.1. The number of hydrogen-bond acceptors (Lipinski definition) is 0. The quantitative estimate of drug-likeness (QED) is 0.155. The van der Waals surface area contributed by atoms with Crippen molar-refractivity contribution in [2.45, 2.75) is 0 Å². The van der Waals surface area contributed by atoms with Gasteiger partial charge in [-0.15, -0.1) is 0 Å². The van der Waals surface area contributed by atoms with Crippen LogP contribution in [0, 0.1) is 0 Å². The van der Waals surface area contributed by atoms with Crippen molar-refractivity contribution >= 4 is 108 Å². The van der Waals surface area contributed by atoms with E-state index in [9.17, 15) is 0 Å². The predicted octanol–water partition coefficient (Wildman–Crippen LogP) is 19.9. The minimum Gasteiger partial charge on any atom is -0.0616 e. The summed E-state index contributed by atoms with van der Waals surface area (Å²) >= 11 is 0. The van der Waals surface area contributed by atoms with Crippen molar-refractivity contribution in [2.75, 3.05) is 0 Å². The molecule has 0 nitrogen and oxygen atoms in total. The third kappa shape index (κ3) is 5.90. The maximum absolute atomic E-state index is 2.46. The van der Waals surface area contributed by atoms with E-state index in [1.807, 2.05) is 0 Å². The van der Waals surface area contributed by atoms with Crippen molar-refractivity contribution in [1.29, 1.82) is 0 Å². The summed E-state index contributed by atoms with van der Waals surface area (Å²) in [7, 11) is 0. The Balaban J connectivity index is 0.888. The van der Waals surface area contributed by atoms with E-state index in [4.69, 9.17) is 0 Å². The summed E-state index contributed by atoms with van der Waals surface area (Å²) in [6.07, 6.45) is 0. The van der Waals surface area contributed by atoms with Crippen molar-refractivity contribution in [3.05, 3.63) is 255 Å². The van der Waals surface area contributed by atoms with Crippen LogP contribution in [0.15, 0.2) is 255 Å². The molecule has 15 aromatic carbocycles. The van der Waals surface area contributed by atoms with Gasteiger partial charge >= 0.3 is 0 Å². The summed E-state index contributed by atoms with van der Waals surface area (Å²) < 4.78 is 0. The van der Waals surface area contributed by atoms with Crippen molar-refractivity contribution in [2.24, 2.45) is 0 Å². The minimum absolute atomic E-state index is 1.21. The highest BCUT2D eigenvalue weighted by Crippen LogP contribution is 2.47. The van der Waals surface area contributed by atoms with Crippen LogP contribution in [0.25, 0.3) is 152 Å². The summed E-state index contributed by atoms with van der Waals surface area (Å²) in [5.74, 6) is 0. The molecule has 70 heavy (non-hydrogen) atoms. The summed E-state index contributed by atoms with van der Waals surface area (Å²) in [6.45, 7) is 0. The largest absolute Gasteiger partial charge is 0.0616 e. The molecule has 322 valence electrons. The fourth-order valence-electron chi connectivity index (χ4n) is 12.0. The second-order valence-electron chi connectivity index (χ2n) is 19.1. The molecular weight excluding hydrogens is 841 g/mol. The summed E-state index contributed by atoms with van der Waals surface area (Å²) in [4.78, 5) is 0. The molecule has 0 spiro atoms. The van der Waals surface area contributed by atoms with E-state index < -0.39 is 0 Å². The third-order valence-corrected chi connectivity index (χ3v) is 15.4. The van der Waals surface area contributed by atoms with Gasteiger partial charge in [-0.3, -0.25) is 0 Å². The average molecular weight is 883 g/mol. The van der Waals surface area contributed by atoms with Crippen molar-refractivity contribution in [1.82, 2.24) is 0 Å². The molecule has 15 aromatic rings. The van der Waals surface area contributed by atoms with Crippen LogP contribution in [0.4, 0.5) is 0 Å². The van der Waals surface area contributed by atoms with Crippen molar-refractivity contribution in [3.8, 4) is 44.5 Å². The molecule has 0 radical (unpaired) electrons. The first-order valence-corrected chi connectivity index (χ1v) is 24.4. The lowest BCUT2D eigenvalue weighted by Gasteiger charge is -2.18. The van der Waals surface area contributed by atoms with Crippen LogP contribution in [0.5, 0.6) is 0 Å². The van der Waals surface area contributed by atoms with E-state index in [1.54, 1.807) is 0 Å². The van der Waals surface area contributed by atoms with Crippen LogP contribution in [-0.2, 0) is 0 Å². The van der Waals surface area contributed by atoms with Crippen LogP contribution in [0.1, 0.15) is 0 Å². The Morgan fingerprint density at radius 1 is 0.143 bits per heavy atom. The molecule has 0 N–H and O–H groups in total. The van der Waals surface area contributed by atoms with Crippen LogP contribution in [0.3, 0.4) is 0 Å². The van der Waals surface area contributed by atoms with E-state index in [2.05, 4.69) is 255 Å². The van der Waals surface area contributed by atoms with Crippen LogP contribution >= 0.6 is 0 Å². The monoisotopic (exact) mass is 882 g/mol. The average Bonchev–Trinajstić information content (AvgIpc) is 3.44.